The van der Waals surface area contributed by atoms with Gasteiger partial charge in [0.25, 0.3) is 5.91 Å². The summed E-state index contributed by atoms with van der Waals surface area (Å²) in [6.45, 7) is 4.00. The maximum atomic E-state index is 12.5. The van der Waals surface area contributed by atoms with Gasteiger partial charge in [0.05, 0.1) is 6.10 Å². The second-order valence-corrected chi connectivity index (χ2v) is 6.53. The molecule has 4 rings (SSSR count). The van der Waals surface area contributed by atoms with Gasteiger partial charge >= 0.3 is 0 Å². The highest BCUT2D eigenvalue weighted by atomic mass is 16.5. The molecular formula is C19H22N4O2. The molecule has 1 amide bonds. The van der Waals surface area contributed by atoms with Crippen LogP contribution in [0.3, 0.4) is 0 Å². The van der Waals surface area contributed by atoms with Crippen LogP contribution < -0.4 is 10.2 Å². The number of rotatable bonds is 4. The number of carbonyl (C=O) groups is 1. The molecule has 6 nitrogen and oxygen atoms in total. The van der Waals surface area contributed by atoms with Crippen molar-refractivity contribution in [3.05, 3.63) is 47.4 Å². The smallest absolute Gasteiger partial charge is 0.270 e. The van der Waals surface area contributed by atoms with Crippen molar-refractivity contribution in [2.24, 2.45) is 0 Å². The summed E-state index contributed by atoms with van der Waals surface area (Å²) < 4.78 is 5.55. The molecule has 0 spiro atoms. The Hall–Kier alpha value is -2.47. The van der Waals surface area contributed by atoms with Crippen molar-refractivity contribution >= 4 is 17.4 Å². The third kappa shape index (κ3) is 3.35. The van der Waals surface area contributed by atoms with E-state index in [0.717, 1.165) is 43.9 Å². The molecule has 1 aromatic heterocycles. The Labute approximate surface area is 147 Å². The zero-order valence-corrected chi connectivity index (χ0v) is 14.4. The molecule has 1 N–H and O–H groups in total. The van der Waals surface area contributed by atoms with Crippen LogP contribution in [0.25, 0.3) is 0 Å². The monoisotopic (exact) mass is 338 g/mol. The molecule has 130 valence electrons. The molecule has 2 aliphatic rings. The number of hydrogen-bond acceptors (Lipinski definition) is 5. The van der Waals surface area contributed by atoms with Gasteiger partial charge in [-0.15, -0.1) is 0 Å². The van der Waals surface area contributed by atoms with Crippen LogP contribution in [0.1, 0.15) is 34.7 Å². The molecule has 0 saturated carbocycles. The molecule has 6 heteroatoms. The van der Waals surface area contributed by atoms with Crippen LogP contribution in [-0.4, -0.2) is 41.7 Å². The van der Waals surface area contributed by atoms with Crippen LogP contribution in [0.2, 0.25) is 0 Å². The lowest BCUT2D eigenvalue weighted by atomic mass is 10.2. The zero-order valence-electron chi connectivity index (χ0n) is 14.4. The van der Waals surface area contributed by atoms with Gasteiger partial charge in [0.15, 0.2) is 0 Å². The van der Waals surface area contributed by atoms with E-state index in [1.54, 1.807) is 6.07 Å². The summed E-state index contributed by atoms with van der Waals surface area (Å²) in [6.07, 6.45) is 3.17. The molecule has 0 radical (unpaired) electrons. The van der Waals surface area contributed by atoms with Crippen molar-refractivity contribution in [3.8, 4) is 0 Å². The van der Waals surface area contributed by atoms with Gasteiger partial charge < -0.3 is 15.0 Å². The Morgan fingerprint density at radius 3 is 3.08 bits per heavy atom. The van der Waals surface area contributed by atoms with Crippen LogP contribution in [0, 0.1) is 6.92 Å². The van der Waals surface area contributed by atoms with Crippen molar-refractivity contribution < 1.29 is 9.53 Å². The Bertz CT molecular complexity index is 787. The summed E-state index contributed by atoms with van der Waals surface area (Å²) in [5, 5.41) is 2.93. The minimum absolute atomic E-state index is 0.122. The largest absolute Gasteiger partial charge is 0.376 e. The number of nitrogens with zero attached hydrogens (tertiary/aromatic N) is 3. The normalized spacial score (nSPS) is 19.1. The van der Waals surface area contributed by atoms with Crippen LogP contribution in [-0.2, 0) is 11.2 Å². The molecule has 1 atom stereocenters. The first-order chi connectivity index (χ1) is 12.2. The molecule has 0 aliphatic carbocycles. The van der Waals surface area contributed by atoms with Crippen LogP contribution >= 0.6 is 0 Å². The third-order valence-corrected chi connectivity index (χ3v) is 4.74. The molecule has 1 unspecified atom stereocenters. The first-order valence-corrected chi connectivity index (χ1v) is 8.81. The van der Waals surface area contributed by atoms with E-state index in [1.807, 2.05) is 13.0 Å². The molecule has 1 fully saturated rings. The van der Waals surface area contributed by atoms with Gasteiger partial charge in [-0.3, -0.25) is 4.79 Å². The lowest BCUT2D eigenvalue weighted by Gasteiger charge is -2.19. The van der Waals surface area contributed by atoms with Gasteiger partial charge in [-0.2, -0.15) is 0 Å². The second kappa shape index (κ2) is 6.80. The lowest BCUT2D eigenvalue weighted by Crippen LogP contribution is -2.32. The van der Waals surface area contributed by atoms with Gasteiger partial charge in [0.2, 0.25) is 0 Å². The van der Waals surface area contributed by atoms with E-state index in [9.17, 15) is 4.79 Å². The van der Waals surface area contributed by atoms with Gasteiger partial charge in [0.1, 0.15) is 17.3 Å². The fraction of sp³-hybridized carbons (Fsp3) is 0.421. The van der Waals surface area contributed by atoms with Crippen molar-refractivity contribution in [2.45, 2.75) is 32.3 Å². The fourth-order valence-electron chi connectivity index (χ4n) is 3.49. The average molecular weight is 338 g/mol. The molecule has 0 bridgehead atoms. The van der Waals surface area contributed by atoms with Crippen LogP contribution in [0.15, 0.2) is 30.3 Å². The van der Waals surface area contributed by atoms with E-state index in [1.165, 1.54) is 5.56 Å². The van der Waals surface area contributed by atoms with E-state index in [-0.39, 0.29) is 12.0 Å². The third-order valence-electron chi connectivity index (χ3n) is 4.74. The first-order valence-electron chi connectivity index (χ1n) is 8.81. The molecule has 3 heterocycles. The highest BCUT2D eigenvalue weighted by Gasteiger charge is 2.23. The number of anilines is 2. The average Bonchev–Trinajstić information content (AvgIpc) is 3.28. The number of amides is 1. The van der Waals surface area contributed by atoms with Crippen molar-refractivity contribution in [1.82, 2.24) is 15.3 Å². The van der Waals surface area contributed by atoms with Crippen molar-refractivity contribution in [2.75, 3.05) is 24.6 Å². The SMILES string of the molecule is Cc1nc(C(=O)NCC2CCCO2)cc(N2CCc3ccccc32)n1. The lowest BCUT2D eigenvalue weighted by molar-refractivity contribution is 0.0853. The predicted octanol–water partition coefficient (Wildman–Crippen LogP) is 2.39. The maximum Gasteiger partial charge on any atom is 0.270 e. The van der Waals surface area contributed by atoms with Gasteiger partial charge in [-0.25, -0.2) is 9.97 Å². The van der Waals surface area contributed by atoms with Crippen LogP contribution in [0.4, 0.5) is 11.5 Å². The molecule has 1 saturated heterocycles. The Balaban J connectivity index is 1.53. The van der Waals surface area contributed by atoms with E-state index in [0.29, 0.717) is 18.1 Å². The zero-order chi connectivity index (χ0) is 17.2. The number of aromatic nitrogens is 2. The highest BCUT2D eigenvalue weighted by Crippen LogP contribution is 2.33. The van der Waals surface area contributed by atoms with Gasteiger partial charge in [-0.05, 0) is 37.8 Å². The summed E-state index contributed by atoms with van der Waals surface area (Å²) in [5.41, 5.74) is 2.87. The topological polar surface area (TPSA) is 67.3 Å². The molecule has 25 heavy (non-hydrogen) atoms. The summed E-state index contributed by atoms with van der Waals surface area (Å²) in [6, 6.07) is 10.1. The van der Waals surface area contributed by atoms with Gasteiger partial charge in [0, 0.05) is 31.5 Å². The van der Waals surface area contributed by atoms with Crippen molar-refractivity contribution in [1.29, 1.82) is 0 Å². The minimum Gasteiger partial charge on any atom is -0.376 e. The highest BCUT2D eigenvalue weighted by molar-refractivity contribution is 5.93. The number of aryl methyl sites for hydroxylation is 1. The van der Waals surface area contributed by atoms with Crippen LogP contribution in [0.5, 0.6) is 0 Å². The Morgan fingerprint density at radius 2 is 2.24 bits per heavy atom. The number of ether oxygens (including phenoxy) is 1. The van der Waals surface area contributed by atoms with E-state index in [4.69, 9.17) is 4.74 Å². The summed E-state index contributed by atoms with van der Waals surface area (Å²) in [7, 11) is 0. The number of para-hydroxylation sites is 1. The Morgan fingerprint density at radius 1 is 1.36 bits per heavy atom. The number of hydrogen-bond donors (Lipinski definition) is 1. The molecule has 2 aromatic rings. The Kier molecular flexibility index (Phi) is 4.36. The number of nitrogens with one attached hydrogen (secondary N) is 1. The quantitative estimate of drug-likeness (QED) is 0.927. The molecule has 1 aromatic carbocycles. The van der Waals surface area contributed by atoms with Gasteiger partial charge in [-0.1, -0.05) is 18.2 Å². The molecule has 2 aliphatic heterocycles. The maximum absolute atomic E-state index is 12.5. The summed E-state index contributed by atoms with van der Waals surface area (Å²) in [5.74, 6) is 1.21. The minimum atomic E-state index is -0.172. The predicted molar refractivity (Wildman–Crippen MR) is 95.2 cm³/mol. The van der Waals surface area contributed by atoms with Crippen molar-refractivity contribution in [3.63, 3.8) is 0 Å². The summed E-state index contributed by atoms with van der Waals surface area (Å²) in [4.78, 5) is 23.5. The number of carbonyl (C=O) groups excluding carboxylic acids is 1. The van der Waals surface area contributed by atoms with E-state index in [2.05, 4.69) is 38.4 Å². The molecular weight excluding hydrogens is 316 g/mol. The second-order valence-electron chi connectivity index (χ2n) is 6.53. The fourth-order valence-corrected chi connectivity index (χ4v) is 3.49. The number of fused-ring (bicyclic) bond motifs is 1. The number of benzene rings is 1. The first kappa shape index (κ1) is 16.0. The van der Waals surface area contributed by atoms with E-state index >= 15 is 0 Å². The van der Waals surface area contributed by atoms with E-state index < -0.39 is 0 Å². The standard InChI is InChI=1S/C19H22N4O2/c1-13-21-16(19(24)20-12-15-6-4-10-25-15)11-18(22-13)23-9-8-14-5-2-3-7-17(14)23/h2-3,5,7,11,15H,4,6,8-10,12H2,1H3,(H,20,24). The summed E-state index contributed by atoms with van der Waals surface area (Å²) >= 11 is 0.